The Balaban J connectivity index is 1.88. The molecule has 0 aliphatic heterocycles. The van der Waals surface area contributed by atoms with Gasteiger partial charge in [0.1, 0.15) is 17.1 Å². The summed E-state index contributed by atoms with van der Waals surface area (Å²) in [7, 11) is -2.51. The normalized spacial score (nSPS) is 11.0. The van der Waals surface area contributed by atoms with Crippen LogP contribution < -0.4 is 15.4 Å². The molecule has 1 aromatic carbocycles. The standard InChI is InChI=1S/C19H19N5O6S/c1-30-18(26)13-5-8-17(24(27)11-13)21-16-9-15(22-19(23-16)31(2,28)29)20-10-12-3-6-14(25)7-4-12/h3-9,11,27H,10H2,1-2H3,(H2,20,22,23,25)/p+1. The molecule has 0 amide bonds. The maximum Gasteiger partial charge on any atom is 0.341 e. The van der Waals surface area contributed by atoms with E-state index in [0.29, 0.717) is 11.3 Å². The fraction of sp³-hybridized carbons (Fsp3) is 0.158. The molecule has 3 aromatic rings. The van der Waals surface area contributed by atoms with Gasteiger partial charge in [0.2, 0.25) is 15.7 Å². The van der Waals surface area contributed by atoms with Crippen molar-refractivity contribution in [2.24, 2.45) is 0 Å². The van der Waals surface area contributed by atoms with Crippen LogP contribution in [0, 0.1) is 0 Å². The van der Waals surface area contributed by atoms with Gasteiger partial charge in [-0.15, -0.1) is 0 Å². The molecule has 0 aliphatic carbocycles. The van der Waals surface area contributed by atoms with E-state index < -0.39 is 21.0 Å². The minimum atomic E-state index is -3.73. The van der Waals surface area contributed by atoms with Gasteiger partial charge < -0.3 is 20.4 Å². The lowest BCUT2D eigenvalue weighted by Gasteiger charge is -2.09. The number of ether oxygens (including phenoxy) is 1. The Morgan fingerprint density at radius 1 is 1.13 bits per heavy atom. The number of anilines is 3. The average Bonchev–Trinajstić information content (AvgIpc) is 2.73. The van der Waals surface area contributed by atoms with Crippen LogP contribution in [0.25, 0.3) is 0 Å². The molecule has 0 aliphatic rings. The fourth-order valence-corrected chi connectivity index (χ4v) is 3.04. The molecule has 0 saturated carbocycles. The largest absolute Gasteiger partial charge is 0.508 e. The molecule has 4 N–H and O–H groups in total. The highest BCUT2D eigenvalue weighted by Gasteiger charge is 2.19. The molecule has 0 atom stereocenters. The summed E-state index contributed by atoms with van der Waals surface area (Å²) in [6, 6.07) is 10.8. The van der Waals surface area contributed by atoms with Gasteiger partial charge in [-0.1, -0.05) is 16.9 Å². The van der Waals surface area contributed by atoms with Crippen LogP contribution in [0.15, 0.2) is 53.8 Å². The maximum atomic E-state index is 12.0. The number of methoxy groups -OCH3 is 1. The third-order valence-electron chi connectivity index (χ3n) is 4.05. The second-order valence-corrected chi connectivity index (χ2v) is 8.39. The number of aromatic hydroxyl groups is 1. The van der Waals surface area contributed by atoms with Gasteiger partial charge >= 0.3 is 11.8 Å². The Labute approximate surface area is 177 Å². The van der Waals surface area contributed by atoms with Crippen LogP contribution >= 0.6 is 0 Å². The Morgan fingerprint density at radius 2 is 1.81 bits per heavy atom. The van der Waals surface area contributed by atoms with Crippen LogP contribution in [0.5, 0.6) is 5.75 Å². The van der Waals surface area contributed by atoms with Gasteiger partial charge in [-0.25, -0.2) is 23.5 Å². The van der Waals surface area contributed by atoms with E-state index in [0.717, 1.165) is 18.0 Å². The number of hydrogen-bond donors (Lipinski definition) is 4. The van der Waals surface area contributed by atoms with E-state index in [1.54, 1.807) is 12.1 Å². The molecule has 3 rings (SSSR count). The topological polar surface area (TPSA) is 155 Å². The molecule has 0 fully saturated rings. The molecule has 0 spiro atoms. The Kier molecular flexibility index (Phi) is 6.20. The van der Waals surface area contributed by atoms with E-state index in [-0.39, 0.29) is 28.8 Å². The number of nitrogens with one attached hydrogen (secondary N) is 2. The predicted octanol–water partition coefficient (Wildman–Crippen LogP) is 1.25. The van der Waals surface area contributed by atoms with E-state index in [9.17, 15) is 23.5 Å². The van der Waals surface area contributed by atoms with E-state index in [1.807, 2.05) is 0 Å². The number of nitrogens with zero attached hydrogens (tertiary/aromatic N) is 3. The number of carbonyl (C=O) groups excluding carboxylic acids is 1. The number of carbonyl (C=O) groups is 1. The molecule has 0 saturated heterocycles. The molecule has 0 radical (unpaired) electrons. The first-order chi connectivity index (χ1) is 14.7. The van der Waals surface area contributed by atoms with Crippen molar-refractivity contribution in [1.82, 2.24) is 9.97 Å². The van der Waals surface area contributed by atoms with Crippen LogP contribution in [0.2, 0.25) is 0 Å². The summed E-state index contributed by atoms with van der Waals surface area (Å²) in [5.74, 6) is -0.0576. The van der Waals surface area contributed by atoms with Crippen molar-refractivity contribution < 1.29 is 33.0 Å². The molecule has 2 aromatic heterocycles. The first kappa shape index (κ1) is 21.8. The van der Waals surface area contributed by atoms with Crippen molar-refractivity contribution in [2.45, 2.75) is 11.7 Å². The van der Waals surface area contributed by atoms with E-state index in [2.05, 4.69) is 25.3 Å². The number of pyridine rings is 1. The van der Waals surface area contributed by atoms with E-state index in [1.165, 1.54) is 37.4 Å². The zero-order valence-corrected chi connectivity index (χ0v) is 17.4. The summed E-state index contributed by atoms with van der Waals surface area (Å²) in [4.78, 5) is 19.6. The number of aromatic nitrogens is 3. The van der Waals surface area contributed by atoms with Crippen molar-refractivity contribution >= 4 is 33.3 Å². The molecule has 162 valence electrons. The van der Waals surface area contributed by atoms with Crippen LogP contribution in [0.3, 0.4) is 0 Å². The molecule has 2 heterocycles. The summed E-state index contributed by atoms with van der Waals surface area (Å²) in [6.45, 7) is 0.313. The number of phenolic OH excluding ortho intramolecular Hbond substituents is 1. The minimum absolute atomic E-state index is 0.0947. The van der Waals surface area contributed by atoms with Crippen LogP contribution in [-0.4, -0.2) is 48.0 Å². The smallest absolute Gasteiger partial charge is 0.341 e. The van der Waals surface area contributed by atoms with Crippen molar-refractivity contribution in [1.29, 1.82) is 0 Å². The Hall–Kier alpha value is -3.93. The molecule has 0 unspecified atom stereocenters. The molecular weight excluding hydrogens is 426 g/mol. The lowest BCUT2D eigenvalue weighted by Crippen LogP contribution is -2.34. The minimum Gasteiger partial charge on any atom is -0.508 e. The third kappa shape index (κ3) is 5.57. The average molecular weight is 446 g/mol. The van der Waals surface area contributed by atoms with Gasteiger partial charge in [-0.05, 0) is 23.8 Å². The summed E-state index contributed by atoms with van der Waals surface area (Å²) >= 11 is 0. The highest BCUT2D eigenvalue weighted by Crippen LogP contribution is 2.19. The van der Waals surface area contributed by atoms with Crippen molar-refractivity contribution in [2.75, 3.05) is 24.0 Å². The van der Waals surface area contributed by atoms with Gasteiger partial charge in [-0.2, -0.15) is 4.98 Å². The molecule has 31 heavy (non-hydrogen) atoms. The number of rotatable bonds is 7. The lowest BCUT2D eigenvalue weighted by atomic mass is 10.2. The van der Waals surface area contributed by atoms with Crippen molar-refractivity contribution in [3.8, 4) is 5.75 Å². The third-order valence-corrected chi connectivity index (χ3v) is 4.90. The lowest BCUT2D eigenvalue weighted by molar-refractivity contribution is -0.893. The number of esters is 1. The summed E-state index contributed by atoms with van der Waals surface area (Å²) in [6.07, 6.45) is 2.12. The highest BCUT2D eigenvalue weighted by atomic mass is 32.2. The first-order valence-electron chi connectivity index (χ1n) is 8.87. The summed E-state index contributed by atoms with van der Waals surface area (Å²) < 4.78 is 29.3. The highest BCUT2D eigenvalue weighted by molar-refractivity contribution is 7.90. The second-order valence-electron chi connectivity index (χ2n) is 6.48. The van der Waals surface area contributed by atoms with Gasteiger partial charge in [-0.3, -0.25) is 0 Å². The summed E-state index contributed by atoms with van der Waals surface area (Å²) in [5, 5.41) is 24.9. The Bertz CT molecular complexity index is 1210. The number of benzene rings is 1. The van der Waals surface area contributed by atoms with Gasteiger partial charge in [0.15, 0.2) is 6.20 Å². The number of sulfone groups is 1. The van der Waals surface area contributed by atoms with Crippen LogP contribution in [-0.2, 0) is 21.1 Å². The molecule has 12 heteroatoms. The quantitative estimate of drug-likeness (QED) is 0.180. The number of hydrogen-bond acceptors (Lipinski definition) is 10. The maximum absolute atomic E-state index is 12.0. The molecule has 11 nitrogen and oxygen atoms in total. The van der Waals surface area contributed by atoms with E-state index in [4.69, 9.17) is 0 Å². The van der Waals surface area contributed by atoms with Gasteiger partial charge in [0, 0.05) is 24.9 Å². The zero-order chi connectivity index (χ0) is 22.6. The molecule has 0 bridgehead atoms. The fourth-order valence-electron chi connectivity index (χ4n) is 2.51. The van der Waals surface area contributed by atoms with E-state index >= 15 is 0 Å². The van der Waals surface area contributed by atoms with Crippen LogP contribution in [0.4, 0.5) is 17.5 Å². The number of phenols is 1. The summed E-state index contributed by atoms with van der Waals surface area (Å²) in [5.41, 5.74) is 0.949. The monoisotopic (exact) mass is 446 g/mol. The Morgan fingerprint density at radius 3 is 2.42 bits per heavy atom. The second kappa shape index (κ2) is 8.83. The van der Waals surface area contributed by atoms with Gasteiger partial charge in [0.05, 0.1) is 7.11 Å². The SMILES string of the molecule is COC(=O)c1ccc(Nc2cc(NCc3ccc(O)cc3)nc(S(C)(=O)=O)n2)[n+](O)c1. The predicted molar refractivity (Wildman–Crippen MR) is 109 cm³/mol. The van der Waals surface area contributed by atoms with Crippen LogP contribution in [0.1, 0.15) is 15.9 Å². The van der Waals surface area contributed by atoms with Gasteiger partial charge in [0.25, 0.3) is 5.16 Å². The van der Waals surface area contributed by atoms with Crippen molar-refractivity contribution in [3.05, 3.63) is 59.8 Å². The molecular formula is C19H20N5O6S+. The zero-order valence-electron chi connectivity index (χ0n) is 16.6. The van der Waals surface area contributed by atoms with Crippen molar-refractivity contribution in [3.63, 3.8) is 0 Å². The first-order valence-corrected chi connectivity index (χ1v) is 10.8.